The van der Waals surface area contributed by atoms with Gasteiger partial charge in [-0.1, -0.05) is 23.2 Å². The van der Waals surface area contributed by atoms with Crippen molar-refractivity contribution in [2.24, 2.45) is 0 Å². The molecule has 2 heterocycles. The third-order valence-corrected chi connectivity index (χ3v) is 4.56. The highest BCUT2D eigenvalue weighted by Crippen LogP contribution is 2.30. The summed E-state index contributed by atoms with van der Waals surface area (Å²) in [6.45, 7) is 1.74. The molecule has 0 bridgehead atoms. The highest BCUT2D eigenvalue weighted by molar-refractivity contribution is 6.36. The summed E-state index contributed by atoms with van der Waals surface area (Å²) in [6.07, 6.45) is 5.98. The molecule has 122 valence electrons. The first-order valence-electron chi connectivity index (χ1n) is 7.81. The Hall–Kier alpha value is -1.52. The molecule has 0 saturated carbocycles. The van der Waals surface area contributed by atoms with Crippen LogP contribution in [0.15, 0.2) is 28.8 Å². The quantitative estimate of drug-likeness (QED) is 0.807. The maximum atomic E-state index is 12.2. The van der Waals surface area contributed by atoms with E-state index in [0.717, 1.165) is 31.5 Å². The minimum Gasteiger partial charge on any atom is -0.441 e. The maximum Gasteiger partial charge on any atom is 0.223 e. The van der Waals surface area contributed by atoms with Gasteiger partial charge in [-0.3, -0.25) is 4.79 Å². The van der Waals surface area contributed by atoms with Crippen molar-refractivity contribution in [2.45, 2.75) is 32.1 Å². The second kappa shape index (κ2) is 7.37. The van der Waals surface area contributed by atoms with Gasteiger partial charge in [-0.2, -0.15) is 0 Å². The number of rotatable bonds is 4. The molecule has 23 heavy (non-hydrogen) atoms. The lowest BCUT2D eigenvalue weighted by molar-refractivity contribution is -0.132. The van der Waals surface area contributed by atoms with E-state index >= 15 is 0 Å². The van der Waals surface area contributed by atoms with E-state index in [-0.39, 0.29) is 5.91 Å². The normalized spacial score (nSPS) is 15.0. The first kappa shape index (κ1) is 16.3. The minimum absolute atomic E-state index is 0.175. The zero-order valence-electron chi connectivity index (χ0n) is 12.7. The number of benzene rings is 1. The van der Waals surface area contributed by atoms with Gasteiger partial charge in [0.1, 0.15) is 0 Å². The van der Waals surface area contributed by atoms with Gasteiger partial charge in [0.25, 0.3) is 0 Å². The van der Waals surface area contributed by atoms with Crippen molar-refractivity contribution >= 4 is 29.1 Å². The predicted molar refractivity (Wildman–Crippen MR) is 90.7 cm³/mol. The lowest BCUT2D eigenvalue weighted by Gasteiger charge is -2.26. The monoisotopic (exact) mass is 352 g/mol. The van der Waals surface area contributed by atoms with Crippen LogP contribution >= 0.6 is 23.2 Å². The molecule has 1 aliphatic rings. The first-order valence-corrected chi connectivity index (χ1v) is 8.57. The summed E-state index contributed by atoms with van der Waals surface area (Å²) in [7, 11) is 0. The smallest absolute Gasteiger partial charge is 0.223 e. The molecule has 0 spiro atoms. The molecule has 4 nitrogen and oxygen atoms in total. The molecule has 0 atom stereocenters. The Balaban J connectivity index is 1.62. The lowest BCUT2D eigenvalue weighted by Crippen LogP contribution is -2.35. The van der Waals surface area contributed by atoms with E-state index in [9.17, 15) is 4.79 Å². The van der Waals surface area contributed by atoms with Gasteiger partial charge < -0.3 is 9.32 Å². The van der Waals surface area contributed by atoms with Crippen molar-refractivity contribution in [3.8, 4) is 11.3 Å². The molecule has 0 N–H and O–H groups in total. The standard InChI is InChI=1S/C17H18Cl2N2O2/c18-12-4-5-13(14(19)10-12)15-11-20-16(23-15)6-7-17(22)21-8-2-1-3-9-21/h4-5,10-11H,1-3,6-9H2. The first-order chi connectivity index (χ1) is 11.1. The molecular weight excluding hydrogens is 335 g/mol. The fraction of sp³-hybridized carbons (Fsp3) is 0.412. The number of hydrogen-bond acceptors (Lipinski definition) is 3. The fourth-order valence-electron chi connectivity index (χ4n) is 2.75. The van der Waals surface area contributed by atoms with Crippen molar-refractivity contribution in [1.82, 2.24) is 9.88 Å². The third kappa shape index (κ3) is 4.06. The average molecular weight is 353 g/mol. The maximum absolute atomic E-state index is 12.2. The topological polar surface area (TPSA) is 46.3 Å². The number of oxazole rings is 1. The van der Waals surface area contributed by atoms with E-state index in [0.29, 0.717) is 34.5 Å². The Morgan fingerprint density at radius 2 is 2.00 bits per heavy atom. The van der Waals surface area contributed by atoms with Crippen LogP contribution in [0.1, 0.15) is 31.6 Å². The number of nitrogens with zero attached hydrogens (tertiary/aromatic N) is 2. The Kier molecular flexibility index (Phi) is 5.23. The summed E-state index contributed by atoms with van der Waals surface area (Å²) in [5, 5.41) is 1.09. The molecule has 1 aromatic heterocycles. The van der Waals surface area contributed by atoms with E-state index in [1.165, 1.54) is 6.42 Å². The van der Waals surface area contributed by atoms with E-state index in [1.807, 2.05) is 4.90 Å². The van der Waals surface area contributed by atoms with Crippen LogP contribution < -0.4 is 0 Å². The number of carbonyl (C=O) groups is 1. The summed E-state index contributed by atoms with van der Waals surface area (Å²) >= 11 is 12.1. The Morgan fingerprint density at radius 3 is 2.74 bits per heavy atom. The Morgan fingerprint density at radius 1 is 1.22 bits per heavy atom. The summed E-state index contributed by atoms with van der Waals surface area (Å²) in [6, 6.07) is 5.22. The Bertz CT molecular complexity index is 694. The molecule has 1 aromatic carbocycles. The third-order valence-electron chi connectivity index (χ3n) is 4.01. The number of aryl methyl sites for hydroxylation is 1. The van der Waals surface area contributed by atoms with Gasteiger partial charge >= 0.3 is 0 Å². The number of amides is 1. The second-order valence-corrected chi connectivity index (χ2v) is 6.53. The fourth-order valence-corrected chi connectivity index (χ4v) is 3.26. The van der Waals surface area contributed by atoms with Crippen LogP contribution in [-0.2, 0) is 11.2 Å². The van der Waals surface area contributed by atoms with Gasteiger partial charge in [0.05, 0.1) is 11.2 Å². The lowest BCUT2D eigenvalue weighted by atomic mass is 10.1. The molecule has 0 radical (unpaired) electrons. The van der Waals surface area contributed by atoms with Crippen molar-refractivity contribution < 1.29 is 9.21 Å². The predicted octanol–water partition coefficient (Wildman–Crippen LogP) is 4.59. The summed E-state index contributed by atoms with van der Waals surface area (Å²) in [5.41, 5.74) is 0.747. The van der Waals surface area contributed by atoms with Crippen LogP contribution in [0.25, 0.3) is 11.3 Å². The Labute approximate surface area is 145 Å². The summed E-state index contributed by atoms with van der Waals surface area (Å²) < 4.78 is 5.72. The zero-order valence-corrected chi connectivity index (χ0v) is 14.2. The van der Waals surface area contributed by atoms with Crippen LogP contribution in [0.2, 0.25) is 10.0 Å². The van der Waals surface area contributed by atoms with Gasteiger partial charge in [0.15, 0.2) is 11.7 Å². The highest BCUT2D eigenvalue weighted by atomic mass is 35.5. The van der Waals surface area contributed by atoms with Gasteiger partial charge in [-0.15, -0.1) is 0 Å². The molecule has 1 amide bonds. The van der Waals surface area contributed by atoms with Crippen LogP contribution in [0, 0.1) is 0 Å². The molecule has 0 aliphatic carbocycles. The van der Waals surface area contributed by atoms with Crippen molar-refractivity contribution in [1.29, 1.82) is 0 Å². The number of halogens is 2. The molecule has 2 aromatic rings. The highest BCUT2D eigenvalue weighted by Gasteiger charge is 2.17. The number of aromatic nitrogens is 1. The van der Waals surface area contributed by atoms with E-state index in [1.54, 1.807) is 24.4 Å². The van der Waals surface area contributed by atoms with Gasteiger partial charge in [0.2, 0.25) is 5.91 Å². The van der Waals surface area contributed by atoms with Gasteiger partial charge in [-0.05, 0) is 37.5 Å². The van der Waals surface area contributed by atoms with Crippen LogP contribution in [0.3, 0.4) is 0 Å². The van der Waals surface area contributed by atoms with Gasteiger partial charge in [-0.25, -0.2) is 4.98 Å². The summed E-state index contributed by atoms with van der Waals surface area (Å²) in [4.78, 5) is 18.3. The average Bonchev–Trinajstić information content (AvgIpc) is 3.02. The van der Waals surface area contributed by atoms with Crippen molar-refractivity contribution in [3.63, 3.8) is 0 Å². The zero-order chi connectivity index (χ0) is 16.2. The number of likely N-dealkylation sites (tertiary alicyclic amines) is 1. The molecule has 0 unspecified atom stereocenters. The SMILES string of the molecule is O=C(CCc1ncc(-c2ccc(Cl)cc2Cl)o1)N1CCCCC1. The molecule has 1 fully saturated rings. The second-order valence-electron chi connectivity index (χ2n) is 5.68. The largest absolute Gasteiger partial charge is 0.441 e. The van der Waals surface area contributed by atoms with Crippen LogP contribution in [0.5, 0.6) is 0 Å². The van der Waals surface area contributed by atoms with E-state index in [2.05, 4.69) is 4.98 Å². The molecular formula is C17H18Cl2N2O2. The van der Waals surface area contributed by atoms with Crippen molar-refractivity contribution in [3.05, 3.63) is 40.3 Å². The molecule has 3 rings (SSSR count). The number of piperidine rings is 1. The molecule has 6 heteroatoms. The van der Waals surface area contributed by atoms with E-state index < -0.39 is 0 Å². The van der Waals surface area contributed by atoms with E-state index in [4.69, 9.17) is 27.6 Å². The molecule has 1 aliphatic heterocycles. The number of hydrogen-bond donors (Lipinski definition) is 0. The summed E-state index contributed by atoms with van der Waals surface area (Å²) in [5.74, 6) is 1.32. The van der Waals surface area contributed by atoms with Crippen LogP contribution in [0.4, 0.5) is 0 Å². The minimum atomic E-state index is 0.175. The van der Waals surface area contributed by atoms with Crippen molar-refractivity contribution in [2.75, 3.05) is 13.1 Å². The molecule has 1 saturated heterocycles. The number of carbonyl (C=O) groups excluding carboxylic acids is 1. The van der Waals surface area contributed by atoms with Crippen LogP contribution in [-0.4, -0.2) is 28.9 Å². The van der Waals surface area contributed by atoms with Gasteiger partial charge in [0, 0.05) is 36.5 Å².